The van der Waals surface area contributed by atoms with Gasteiger partial charge >= 0.3 is 33.3 Å². The number of phosphoric acid groups is 2. The van der Waals surface area contributed by atoms with Crippen molar-refractivity contribution < 1.29 is 81.3 Å². The Morgan fingerprint density at radius 3 is 2.15 bits per heavy atom. The van der Waals surface area contributed by atoms with E-state index in [9.17, 15) is 58.5 Å². The molecule has 23 heteroatoms. The van der Waals surface area contributed by atoms with Crippen molar-refractivity contribution in [3.05, 3.63) is 71.4 Å². The molecule has 1 aromatic rings. The number of cyclic esters (lactones) is 1. The van der Waals surface area contributed by atoms with Gasteiger partial charge in [0.05, 0.1) is 37.4 Å². The first kappa shape index (κ1) is 65.6. The van der Waals surface area contributed by atoms with Gasteiger partial charge in [-0.25, -0.2) is 13.9 Å². The van der Waals surface area contributed by atoms with Crippen LogP contribution >= 0.6 is 15.6 Å². The van der Waals surface area contributed by atoms with Crippen LogP contribution in [-0.2, 0) is 51.1 Å². The Labute approximate surface area is 441 Å². The zero-order valence-electron chi connectivity index (χ0n) is 43.8. The summed E-state index contributed by atoms with van der Waals surface area (Å²) in [6.07, 6.45) is 18.9. The summed E-state index contributed by atoms with van der Waals surface area (Å²) in [6, 6.07) is 1.24. The fourth-order valence-corrected chi connectivity index (χ4v) is 10.6. The lowest BCUT2D eigenvalue weighted by molar-refractivity contribution is -0.188. The maximum Gasteiger partial charge on any atom is 0.481 e. The number of carbonyl (C=O) groups is 3. The molecule has 0 aliphatic carbocycles. The van der Waals surface area contributed by atoms with E-state index in [0.29, 0.717) is 51.4 Å². The molecule has 2 saturated heterocycles. The van der Waals surface area contributed by atoms with Crippen molar-refractivity contribution in [1.82, 2.24) is 9.55 Å². The van der Waals surface area contributed by atoms with Crippen molar-refractivity contribution in [3.63, 3.8) is 0 Å². The molecule has 8 N–H and O–H groups in total. The number of ether oxygens (including phenoxy) is 3. The predicted molar refractivity (Wildman–Crippen MR) is 280 cm³/mol. The number of hydrogen-bond donors (Lipinski definition) is 7. The molecular formula is C52H85N3O18P2. The molecule has 21 nitrogen and oxygen atoms in total. The van der Waals surface area contributed by atoms with Gasteiger partial charge in [-0.1, -0.05) is 133 Å². The molecule has 426 valence electrons. The zero-order valence-corrected chi connectivity index (χ0v) is 45.6. The van der Waals surface area contributed by atoms with Crippen molar-refractivity contribution >= 4 is 39.2 Å². The molecule has 3 rings (SSSR count). The highest BCUT2D eigenvalue weighted by Gasteiger charge is 2.45. The minimum Gasteiger partial charge on any atom is -0.462 e. The number of phosphoric ester groups is 2. The first-order valence-electron chi connectivity index (χ1n) is 26.8. The minimum atomic E-state index is -5.73. The maximum atomic E-state index is 14.0. The molecule has 0 amide bonds. The number of nitrogens with two attached hydrogens (primary N) is 1. The first-order valence-corrected chi connectivity index (χ1v) is 29.7. The zero-order chi connectivity index (χ0) is 55.1. The van der Waals surface area contributed by atoms with E-state index in [1.54, 1.807) is 0 Å². The molecule has 2 aliphatic heterocycles. The van der Waals surface area contributed by atoms with E-state index in [0.717, 1.165) is 36.7 Å². The smallest absolute Gasteiger partial charge is 0.462 e. The van der Waals surface area contributed by atoms with Gasteiger partial charge in [0.15, 0.2) is 6.10 Å². The molecule has 2 fully saturated rings. The van der Waals surface area contributed by atoms with Crippen LogP contribution in [0.5, 0.6) is 0 Å². The van der Waals surface area contributed by atoms with Crippen LogP contribution in [0.3, 0.4) is 0 Å². The van der Waals surface area contributed by atoms with Gasteiger partial charge in [-0.05, 0) is 63.9 Å². The van der Waals surface area contributed by atoms with Crippen LogP contribution in [0.4, 0.5) is 5.82 Å². The topological polar surface area (TPSA) is 323 Å². The number of esters is 2. The SMILES string of the molecule is CCCCCCCC/C=C\C/C=C\C/C=C\CCCC(=O)O[C@@H]1COC(=O)CCCCCC[C@@H]2[C@H](n3ccc(N)nc3=O)O[C@H](COP(=O)(O)OP(=O)(O)OC1)[C@@H](O)[C@@H](O)[C@@H](/C=C/[C@@H](O)CCCCC)C(=O)C[C@@H]2O. The molecule has 0 aromatic carbocycles. The summed E-state index contributed by atoms with van der Waals surface area (Å²) in [5.74, 6) is -5.13. The Kier molecular flexibility index (Phi) is 31.8. The second-order valence-electron chi connectivity index (χ2n) is 19.2. The van der Waals surface area contributed by atoms with Crippen LogP contribution in [0.15, 0.2) is 65.7 Å². The van der Waals surface area contributed by atoms with E-state index in [1.165, 1.54) is 62.9 Å². The van der Waals surface area contributed by atoms with Gasteiger partial charge in [0, 0.05) is 31.4 Å². The number of aromatic nitrogens is 2. The molecule has 75 heavy (non-hydrogen) atoms. The van der Waals surface area contributed by atoms with Gasteiger partial charge in [0.1, 0.15) is 36.6 Å². The highest BCUT2D eigenvalue weighted by atomic mass is 31.3. The van der Waals surface area contributed by atoms with Crippen LogP contribution < -0.4 is 11.4 Å². The average molecular weight is 1100 g/mol. The number of rotatable bonds is 23. The Morgan fingerprint density at radius 2 is 1.45 bits per heavy atom. The number of aliphatic hydroxyl groups is 4. The number of allylic oxidation sites excluding steroid dienone is 6. The minimum absolute atomic E-state index is 0.0497. The third-order valence-electron chi connectivity index (χ3n) is 12.8. The molecule has 1 aromatic heterocycles. The Morgan fingerprint density at radius 1 is 0.827 bits per heavy atom. The highest BCUT2D eigenvalue weighted by Crippen LogP contribution is 2.60. The van der Waals surface area contributed by atoms with Gasteiger partial charge in [0.2, 0.25) is 0 Å². The molecule has 0 radical (unpaired) electrons. The summed E-state index contributed by atoms with van der Waals surface area (Å²) in [6.45, 7) is 1.42. The highest BCUT2D eigenvalue weighted by molar-refractivity contribution is 7.61. The van der Waals surface area contributed by atoms with Crippen molar-refractivity contribution in [2.24, 2.45) is 11.8 Å². The number of Topliss-reactive ketones (excluding diaryl/α,β-unsaturated/α-hetero) is 1. The lowest BCUT2D eigenvalue weighted by Gasteiger charge is -2.39. The van der Waals surface area contributed by atoms with E-state index in [4.69, 9.17) is 29.0 Å². The lowest BCUT2D eigenvalue weighted by Crippen LogP contribution is -2.51. The molecule has 3 heterocycles. The van der Waals surface area contributed by atoms with Crippen LogP contribution in [0.25, 0.3) is 0 Å². The summed E-state index contributed by atoms with van der Waals surface area (Å²) >= 11 is 0. The third-order valence-corrected chi connectivity index (χ3v) is 15.4. The molecule has 2 unspecified atom stereocenters. The Balaban J connectivity index is 1.78. The molecule has 0 spiro atoms. The Bertz CT molecular complexity index is 2120. The van der Waals surface area contributed by atoms with E-state index in [-0.39, 0.29) is 25.1 Å². The quantitative estimate of drug-likeness (QED) is 0.0237. The monoisotopic (exact) mass is 1100 g/mol. The lowest BCUT2D eigenvalue weighted by atomic mass is 9.83. The fourth-order valence-electron chi connectivity index (χ4n) is 8.53. The summed E-state index contributed by atoms with van der Waals surface area (Å²) in [5, 5.41) is 45.8. The molecule has 2 aliphatic rings. The third kappa shape index (κ3) is 27.0. The van der Waals surface area contributed by atoms with Crippen LogP contribution in [0.1, 0.15) is 168 Å². The second-order valence-corrected chi connectivity index (χ2v) is 22.2. The number of nitrogen functional groups attached to an aromatic ring is 1. The molecule has 0 saturated carbocycles. The summed E-state index contributed by atoms with van der Waals surface area (Å²) in [7, 11) is -11.3. The van der Waals surface area contributed by atoms with E-state index < -0.39 is 120 Å². The van der Waals surface area contributed by atoms with E-state index >= 15 is 0 Å². The number of unbranched alkanes of at least 4 members (excludes halogenated alkanes) is 9. The number of nitrogens with zero attached hydrogens (tertiary/aromatic N) is 2. The fraction of sp³-hybridized carbons (Fsp3) is 0.712. The number of anilines is 1. The van der Waals surface area contributed by atoms with Crippen molar-refractivity contribution in [2.75, 3.05) is 25.6 Å². The maximum absolute atomic E-state index is 14.0. The Hall–Kier alpha value is -3.69. The van der Waals surface area contributed by atoms with Gasteiger partial charge in [-0.2, -0.15) is 9.29 Å². The molecular weight excluding hydrogens is 1020 g/mol. The predicted octanol–water partition coefficient (Wildman–Crippen LogP) is 7.92. The molecule has 11 atom stereocenters. The van der Waals surface area contributed by atoms with Crippen molar-refractivity contribution in [2.45, 2.75) is 204 Å². The number of aliphatic hydroxyl groups excluding tert-OH is 4. The average Bonchev–Trinajstić information content (AvgIpc) is 3.35. The van der Waals surface area contributed by atoms with Gasteiger partial charge in [-0.15, -0.1) is 0 Å². The van der Waals surface area contributed by atoms with Gasteiger partial charge in [0.25, 0.3) is 0 Å². The van der Waals surface area contributed by atoms with Crippen LogP contribution in [0.2, 0.25) is 0 Å². The van der Waals surface area contributed by atoms with Gasteiger partial charge in [-0.3, -0.25) is 28.0 Å². The molecule has 2 bridgehead atoms. The van der Waals surface area contributed by atoms with E-state index in [2.05, 4.69) is 40.5 Å². The summed E-state index contributed by atoms with van der Waals surface area (Å²) in [4.78, 5) is 78.2. The van der Waals surface area contributed by atoms with Crippen molar-refractivity contribution in [3.8, 4) is 0 Å². The van der Waals surface area contributed by atoms with E-state index in [1.807, 2.05) is 19.1 Å². The van der Waals surface area contributed by atoms with Crippen LogP contribution in [-0.4, -0.2) is 114 Å². The standard InChI is InChI=1S/C52H85N3O18P2/c1-3-5-7-8-9-10-11-12-13-14-15-16-17-18-19-20-26-30-48(60)71-40-36-68-47(59)29-25-22-21-24-28-42-44(58)35-43(57)41(32-31-39(56)27-23-6-4-2)49(61)50(62)45(38-70-75(66,67)73-74(64,65)69-37-40)72-51(42)55-34-33-46(53)54-52(55)63/h12-13,15-16,18-19,31-34,39-42,44-45,49-51,56,58,61-62H,3-11,14,17,20-30,35-38H2,1-2H3,(H,64,65)(H,66,67)(H2,53,54,63)/b13-12-,16-15-,19-18-,32-31+/t39-,40+,41-,42-,44-,45+,49-,50+,51+/m0/s1. The number of carbonyl (C=O) groups excluding carboxylic acids is 3. The second kappa shape index (κ2) is 36.4. The summed E-state index contributed by atoms with van der Waals surface area (Å²) < 4.78 is 59.1. The van der Waals surface area contributed by atoms with Crippen LogP contribution in [0, 0.1) is 11.8 Å². The number of hydrogen-bond acceptors (Lipinski definition) is 18. The first-order chi connectivity index (χ1) is 35.9. The van der Waals surface area contributed by atoms with Crippen molar-refractivity contribution in [1.29, 1.82) is 0 Å². The normalized spacial score (nSPS) is 29.2. The largest absolute Gasteiger partial charge is 0.481 e. The van der Waals surface area contributed by atoms with Gasteiger partial charge < -0.3 is 50.2 Å². The number of fused-ring (bicyclic) bond motifs is 3. The summed E-state index contributed by atoms with van der Waals surface area (Å²) in [5.41, 5.74) is 4.78. The number of ketones is 1.